The minimum absolute atomic E-state index is 0.0854. The van der Waals surface area contributed by atoms with Crippen LogP contribution in [0.4, 0.5) is 0 Å². The van der Waals surface area contributed by atoms with Crippen LogP contribution in [0.1, 0.15) is 32.6 Å². The molecule has 0 radical (unpaired) electrons. The Bertz CT molecular complexity index is 1440. The number of ether oxygens (including phenoxy) is 4. The van der Waals surface area contributed by atoms with Crippen LogP contribution < -0.4 is 24.3 Å². The van der Waals surface area contributed by atoms with Gasteiger partial charge in [-0.15, -0.1) is 0 Å². The number of fused-ring (bicyclic) bond motifs is 1. The van der Waals surface area contributed by atoms with Crippen molar-refractivity contribution in [2.24, 2.45) is 0 Å². The first-order chi connectivity index (χ1) is 19.0. The molecule has 0 aliphatic carbocycles. The largest absolute Gasteiger partial charge is 0.497 e. The maximum Gasteiger partial charge on any atom is 0.256 e. The summed E-state index contributed by atoms with van der Waals surface area (Å²) in [6.45, 7) is 0.884. The van der Waals surface area contributed by atoms with E-state index < -0.39 is 5.66 Å². The summed E-state index contributed by atoms with van der Waals surface area (Å²) in [5.41, 5.74) is 3.46. The molecule has 39 heavy (non-hydrogen) atoms. The van der Waals surface area contributed by atoms with Crippen molar-refractivity contribution in [1.82, 2.24) is 10.2 Å². The lowest BCUT2D eigenvalue weighted by molar-refractivity contribution is 0.0519. The SMILES string of the molecule is COc1ccc(CNC2(c3ccc(OC)cc3)c3ccc(OC)cc3C(=O)N2Cc2ccc(OC)cc2)cc1. The van der Waals surface area contributed by atoms with Crippen molar-refractivity contribution >= 4 is 5.91 Å². The molecule has 1 heterocycles. The number of rotatable bonds is 10. The highest BCUT2D eigenvalue weighted by Crippen LogP contribution is 2.45. The predicted octanol–water partition coefficient (Wildman–Crippen LogP) is 5.37. The fraction of sp³-hybridized carbons (Fsp3) is 0.219. The van der Waals surface area contributed by atoms with Crippen molar-refractivity contribution in [3.8, 4) is 23.0 Å². The van der Waals surface area contributed by atoms with Gasteiger partial charge >= 0.3 is 0 Å². The Hall–Kier alpha value is -4.49. The summed E-state index contributed by atoms with van der Waals surface area (Å²) in [5.74, 6) is 2.84. The Morgan fingerprint density at radius 2 is 1.13 bits per heavy atom. The molecule has 1 aliphatic heterocycles. The Kier molecular flexibility index (Phi) is 7.43. The van der Waals surface area contributed by atoms with E-state index in [0.717, 1.165) is 39.5 Å². The number of methoxy groups -OCH3 is 4. The highest BCUT2D eigenvalue weighted by atomic mass is 16.5. The summed E-state index contributed by atoms with van der Waals surface area (Å²) in [4.78, 5) is 16.1. The third-order valence-corrected chi connectivity index (χ3v) is 7.21. The van der Waals surface area contributed by atoms with Crippen molar-refractivity contribution in [1.29, 1.82) is 0 Å². The minimum atomic E-state index is -0.954. The average molecular weight is 525 g/mol. The molecule has 1 unspecified atom stereocenters. The van der Waals surface area contributed by atoms with E-state index in [1.165, 1.54) is 0 Å². The molecule has 5 rings (SSSR count). The van der Waals surface area contributed by atoms with Gasteiger partial charge in [-0.1, -0.05) is 42.5 Å². The molecule has 0 saturated carbocycles. The van der Waals surface area contributed by atoms with E-state index in [0.29, 0.717) is 24.4 Å². The Labute approximate surface area is 228 Å². The highest BCUT2D eigenvalue weighted by Gasteiger charge is 2.51. The molecule has 4 aromatic carbocycles. The summed E-state index contributed by atoms with van der Waals surface area (Å²) in [5, 5.41) is 3.78. The average Bonchev–Trinajstić information content (AvgIpc) is 3.23. The molecule has 7 heteroatoms. The van der Waals surface area contributed by atoms with E-state index in [2.05, 4.69) is 5.32 Å². The molecular weight excluding hydrogens is 492 g/mol. The normalized spacial score (nSPS) is 16.1. The zero-order valence-electron chi connectivity index (χ0n) is 22.6. The first-order valence-corrected chi connectivity index (χ1v) is 12.7. The zero-order chi connectivity index (χ0) is 27.4. The van der Waals surface area contributed by atoms with Crippen LogP contribution in [0.3, 0.4) is 0 Å². The monoisotopic (exact) mass is 524 g/mol. The number of nitrogens with zero attached hydrogens (tertiary/aromatic N) is 1. The maximum absolute atomic E-state index is 14.2. The van der Waals surface area contributed by atoms with Crippen molar-refractivity contribution < 1.29 is 23.7 Å². The zero-order valence-corrected chi connectivity index (χ0v) is 22.6. The second-order valence-corrected chi connectivity index (χ2v) is 9.29. The molecular formula is C32H32N2O5. The van der Waals surface area contributed by atoms with E-state index in [9.17, 15) is 4.79 Å². The molecule has 1 aliphatic rings. The molecule has 0 saturated heterocycles. The van der Waals surface area contributed by atoms with Crippen molar-refractivity contribution in [2.45, 2.75) is 18.8 Å². The fourth-order valence-corrected chi connectivity index (χ4v) is 5.10. The first-order valence-electron chi connectivity index (χ1n) is 12.7. The fourth-order valence-electron chi connectivity index (χ4n) is 5.10. The van der Waals surface area contributed by atoms with Gasteiger partial charge in [-0.25, -0.2) is 0 Å². The third-order valence-electron chi connectivity index (χ3n) is 7.21. The molecule has 0 aromatic heterocycles. The molecule has 200 valence electrons. The van der Waals surface area contributed by atoms with E-state index in [1.54, 1.807) is 28.4 Å². The summed E-state index contributed by atoms with van der Waals surface area (Å²) >= 11 is 0. The van der Waals surface area contributed by atoms with Gasteiger partial charge in [0.1, 0.15) is 28.7 Å². The van der Waals surface area contributed by atoms with Gasteiger partial charge in [-0.05, 0) is 65.2 Å². The number of amides is 1. The molecule has 1 atom stereocenters. The van der Waals surface area contributed by atoms with Crippen LogP contribution in [0.5, 0.6) is 23.0 Å². The first kappa shape index (κ1) is 26.1. The molecule has 1 amide bonds. The molecule has 0 spiro atoms. The van der Waals surface area contributed by atoms with Crippen LogP contribution in [0, 0.1) is 0 Å². The van der Waals surface area contributed by atoms with Crippen LogP contribution in [-0.2, 0) is 18.8 Å². The van der Waals surface area contributed by atoms with Crippen LogP contribution >= 0.6 is 0 Å². The number of hydrogen-bond acceptors (Lipinski definition) is 6. The van der Waals surface area contributed by atoms with Gasteiger partial charge in [0, 0.05) is 18.7 Å². The van der Waals surface area contributed by atoms with Crippen LogP contribution in [0.15, 0.2) is 91.0 Å². The van der Waals surface area contributed by atoms with Gasteiger partial charge in [-0.3, -0.25) is 10.1 Å². The Morgan fingerprint density at radius 1 is 0.641 bits per heavy atom. The number of hydrogen-bond donors (Lipinski definition) is 1. The van der Waals surface area contributed by atoms with Gasteiger partial charge in [-0.2, -0.15) is 0 Å². The standard InChI is InChI=1S/C32H32N2O5/c1-36-25-11-5-22(6-12-25)20-33-32(24-9-15-27(38-3)16-10-24)30-18-17-28(39-4)19-29(30)31(35)34(32)21-23-7-13-26(37-2)14-8-23/h5-19,33H,20-21H2,1-4H3. The second-order valence-electron chi connectivity index (χ2n) is 9.29. The van der Waals surface area contributed by atoms with Crippen LogP contribution in [0.25, 0.3) is 0 Å². The molecule has 1 N–H and O–H groups in total. The van der Waals surface area contributed by atoms with Crippen LogP contribution in [-0.4, -0.2) is 39.2 Å². The van der Waals surface area contributed by atoms with Crippen LogP contribution in [0.2, 0.25) is 0 Å². The summed E-state index contributed by atoms with van der Waals surface area (Å²) in [6, 6.07) is 29.2. The van der Waals surface area contributed by atoms with Gasteiger partial charge in [0.2, 0.25) is 0 Å². The number of carbonyl (C=O) groups is 1. The smallest absolute Gasteiger partial charge is 0.256 e. The van der Waals surface area contributed by atoms with Crippen molar-refractivity contribution in [3.05, 3.63) is 119 Å². The maximum atomic E-state index is 14.2. The van der Waals surface area contributed by atoms with Gasteiger partial charge in [0.15, 0.2) is 0 Å². The third kappa shape index (κ3) is 4.89. The molecule has 4 aromatic rings. The minimum Gasteiger partial charge on any atom is -0.497 e. The molecule has 0 fully saturated rings. The Morgan fingerprint density at radius 3 is 1.67 bits per heavy atom. The summed E-state index contributed by atoms with van der Waals surface area (Å²) < 4.78 is 21.6. The Balaban J connectivity index is 1.65. The lowest BCUT2D eigenvalue weighted by atomic mass is 9.89. The molecule has 7 nitrogen and oxygen atoms in total. The highest BCUT2D eigenvalue weighted by molar-refractivity contribution is 6.01. The van der Waals surface area contributed by atoms with E-state index in [4.69, 9.17) is 18.9 Å². The number of benzene rings is 4. The lowest BCUT2D eigenvalue weighted by Gasteiger charge is -2.41. The summed E-state index contributed by atoms with van der Waals surface area (Å²) in [7, 11) is 6.54. The van der Waals surface area contributed by atoms with Gasteiger partial charge < -0.3 is 23.8 Å². The van der Waals surface area contributed by atoms with E-state index >= 15 is 0 Å². The quantitative estimate of drug-likeness (QED) is 0.301. The van der Waals surface area contributed by atoms with Gasteiger partial charge in [0.25, 0.3) is 5.91 Å². The number of nitrogens with one attached hydrogen (secondary N) is 1. The number of carbonyl (C=O) groups excluding carboxylic acids is 1. The topological polar surface area (TPSA) is 69.3 Å². The van der Waals surface area contributed by atoms with Gasteiger partial charge in [0.05, 0.1) is 34.0 Å². The second kappa shape index (κ2) is 11.1. The van der Waals surface area contributed by atoms with Crippen molar-refractivity contribution in [2.75, 3.05) is 28.4 Å². The van der Waals surface area contributed by atoms with E-state index in [1.807, 2.05) is 95.9 Å². The molecule has 0 bridgehead atoms. The van der Waals surface area contributed by atoms with E-state index in [-0.39, 0.29) is 5.91 Å². The summed E-state index contributed by atoms with van der Waals surface area (Å²) in [6.07, 6.45) is 0. The van der Waals surface area contributed by atoms with Crippen molar-refractivity contribution in [3.63, 3.8) is 0 Å². The predicted molar refractivity (Wildman–Crippen MR) is 149 cm³/mol. The lowest BCUT2D eigenvalue weighted by Crippen LogP contribution is -2.54.